The lowest BCUT2D eigenvalue weighted by Gasteiger charge is -2.08. The number of carbonyl (C=O) groups is 1. The highest BCUT2D eigenvalue weighted by Crippen LogP contribution is 2.31. The molecule has 0 bridgehead atoms. The molecule has 0 saturated heterocycles. The van der Waals surface area contributed by atoms with Crippen molar-refractivity contribution in [1.82, 2.24) is 9.47 Å². The number of hydrogen-bond donors (Lipinski definition) is 0. The number of nitrogens with zero attached hydrogens (tertiary/aromatic N) is 2. The van der Waals surface area contributed by atoms with Gasteiger partial charge in [0.25, 0.3) is 5.91 Å². The van der Waals surface area contributed by atoms with E-state index in [0.717, 1.165) is 32.7 Å². The molecule has 1 aliphatic heterocycles. The van der Waals surface area contributed by atoms with Crippen LogP contribution in [0.25, 0.3) is 29.6 Å². The molecule has 0 unspecified atom stereocenters. The summed E-state index contributed by atoms with van der Waals surface area (Å²) in [4.78, 5) is 13.7. The van der Waals surface area contributed by atoms with Crippen molar-refractivity contribution in [1.29, 1.82) is 0 Å². The van der Waals surface area contributed by atoms with Gasteiger partial charge in [-0.1, -0.05) is 19.7 Å². The third-order valence-corrected chi connectivity index (χ3v) is 3.84. The molecule has 1 aliphatic rings. The summed E-state index contributed by atoms with van der Waals surface area (Å²) < 4.78 is 1.94. The van der Waals surface area contributed by atoms with E-state index in [2.05, 4.69) is 19.7 Å². The Kier molecular flexibility index (Phi) is 1.89. The predicted molar refractivity (Wildman–Crippen MR) is 74.3 cm³/mol. The summed E-state index contributed by atoms with van der Waals surface area (Å²) in [7, 11) is 3.67. The third kappa shape index (κ3) is 1.06. The molecule has 3 nitrogen and oxygen atoms in total. The van der Waals surface area contributed by atoms with Crippen molar-refractivity contribution in [3.63, 3.8) is 0 Å². The van der Waals surface area contributed by atoms with Crippen molar-refractivity contribution in [3.8, 4) is 0 Å². The van der Waals surface area contributed by atoms with E-state index in [0.29, 0.717) is 5.56 Å². The average molecular weight is 238 g/mol. The fraction of sp³-hybridized carbons (Fsp3) is 0.133. The molecular formula is C15H14N2O. The minimum atomic E-state index is -0.00855. The molecule has 0 aliphatic carbocycles. The van der Waals surface area contributed by atoms with Crippen molar-refractivity contribution < 1.29 is 4.79 Å². The van der Waals surface area contributed by atoms with E-state index < -0.39 is 0 Å². The Labute approximate surface area is 105 Å². The van der Waals surface area contributed by atoms with E-state index in [1.165, 1.54) is 0 Å². The summed E-state index contributed by atoms with van der Waals surface area (Å²) in [5.41, 5.74) is 2.33. The van der Waals surface area contributed by atoms with Gasteiger partial charge in [-0.05, 0) is 12.1 Å². The monoisotopic (exact) mass is 238 g/mol. The second-order valence-electron chi connectivity index (χ2n) is 4.71. The summed E-state index contributed by atoms with van der Waals surface area (Å²) in [5, 5.41) is 3.81. The van der Waals surface area contributed by atoms with Crippen molar-refractivity contribution in [3.05, 3.63) is 40.5 Å². The van der Waals surface area contributed by atoms with Crippen LogP contribution >= 0.6 is 0 Å². The lowest BCUT2D eigenvalue weighted by molar-refractivity contribution is 0.0875. The normalized spacial score (nSPS) is 14.7. The Bertz CT molecular complexity index is 760. The standard InChI is InChI=1S/C15H14N2O/c1-8-11-6-13-10(3)17(5)15(18)14(13)7-12(11)9(2)16(8)4/h6-7H,1-3H2,4-5H3. The molecule has 0 atom stereocenters. The van der Waals surface area contributed by atoms with E-state index in [1.54, 1.807) is 11.9 Å². The van der Waals surface area contributed by atoms with Crippen molar-refractivity contribution in [2.45, 2.75) is 0 Å². The summed E-state index contributed by atoms with van der Waals surface area (Å²) in [6, 6.07) is 3.89. The molecule has 3 rings (SSSR count). The average Bonchev–Trinajstić information content (AvgIpc) is 2.71. The van der Waals surface area contributed by atoms with Gasteiger partial charge in [-0.25, -0.2) is 0 Å². The second-order valence-corrected chi connectivity index (χ2v) is 4.71. The molecule has 0 spiro atoms. The molecule has 2 heterocycles. The van der Waals surface area contributed by atoms with Gasteiger partial charge in [0, 0.05) is 52.4 Å². The number of benzene rings is 1. The van der Waals surface area contributed by atoms with Crippen molar-refractivity contribution in [2.24, 2.45) is 7.05 Å². The van der Waals surface area contributed by atoms with Gasteiger partial charge in [-0.15, -0.1) is 0 Å². The van der Waals surface area contributed by atoms with E-state index in [-0.39, 0.29) is 5.91 Å². The zero-order chi connectivity index (χ0) is 13.2. The Morgan fingerprint density at radius 2 is 1.44 bits per heavy atom. The van der Waals surface area contributed by atoms with Crippen LogP contribution in [0.5, 0.6) is 0 Å². The van der Waals surface area contributed by atoms with E-state index in [9.17, 15) is 4.79 Å². The lowest BCUT2D eigenvalue weighted by Crippen LogP contribution is -2.20. The SMILES string of the molecule is C=C1c2cc3c(=C)n(C)c(=C)c3cc2C(=O)N1C. The van der Waals surface area contributed by atoms with Crippen LogP contribution in [0, 0.1) is 0 Å². The van der Waals surface area contributed by atoms with Gasteiger partial charge in [-0.3, -0.25) is 4.79 Å². The maximum atomic E-state index is 12.1. The molecule has 18 heavy (non-hydrogen) atoms. The lowest BCUT2D eigenvalue weighted by atomic mass is 10.0. The van der Waals surface area contributed by atoms with Gasteiger partial charge in [0.15, 0.2) is 0 Å². The van der Waals surface area contributed by atoms with Crippen LogP contribution in [0.3, 0.4) is 0 Å². The van der Waals surface area contributed by atoms with Gasteiger partial charge in [0.2, 0.25) is 0 Å². The topological polar surface area (TPSA) is 25.2 Å². The molecule has 3 heteroatoms. The highest BCUT2D eigenvalue weighted by molar-refractivity contribution is 6.11. The Hall–Kier alpha value is -2.29. The second kappa shape index (κ2) is 3.13. The number of rotatable bonds is 0. The molecular weight excluding hydrogens is 224 g/mol. The fourth-order valence-corrected chi connectivity index (χ4v) is 2.50. The van der Waals surface area contributed by atoms with Crippen LogP contribution in [0.15, 0.2) is 18.7 Å². The van der Waals surface area contributed by atoms with Crippen molar-refractivity contribution >= 4 is 35.5 Å². The number of carbonyl (C=O) groups excluding carboxylic acids is 1. The first-order valence-electron chi connectivity index (χ1n) is 5.71. The van der Waals surface area contributed by atoms with Gasteiger partial charge in [0.1, 0.15) is 0 Å². The third-order valence-electron chi connectivity index (χ3n) is 3.84. The highest BCUT2D eigenvalue weighted by Gasteiger charge is 2.28. The quantitative estimate of drug-likeness (QED) is 0.673. The van der Waals surface area contributed by atoms with Crippen LogP contribution in [-0.2, 0) is 7.05 Å². The fourth-order valence-electron chi connectivity index (χ4n) is 2.50. The van der Waals surface area contributed by atoms with Crippen LogP contribution in [0.1, 0.15) is 15.9 Å². The molecule has 90 valence electrons. The Balaban J connectivity index is 2.52. The molecule has 0 fully saturated rings. The summed E-state index contributed by atoms with van der Waals surface area (Å²) in [6.07, 6.45) is 0. The predicted octanol–water partition coefficient (Wildman–Crippen LogP) is 1.06. The molecule has 0 radical (unpaired) electrons. The molecule has 1 aromatic carbocycles. The highest BCUT2D eigenvalue weighted by atomic mass is 16.2. The number of fused-ring (bicyclic) bond motifs is 2. The largest absolute Gasteiger partial charge is 0.345 e. The summed E-state index contributed by atoms with van der Waals surface area (Å²) in [5.74, 6) is -0.00855. The van der Waals surface area contributed by atoms with Gasteiger partial charge < -0.3 is 9.47 Å². The zero-order valence-corrected chi connectivity index (χ0v) is 10.6. The van der Waals surface area contributed by atoms with Crippen molar-refractivity contribution in [2.75, 3.05) is 7.05 Å². The van der Waals surface area contributed by atoms with Crippen LogP contribution < -0.4 is 10.7 Å². The first-order chi connectivity index (χ1) is 8.43. The van der Waals surface area contributed by atoms with Crippen LogP contribution in [0.2, 0.25) is 0 Å². The first kappa shape index (κ1) is 10.8. The van der Waals surface area contributed by atoms with Gasteiger partial charge in [-0.2, -0.15) is 0 Å². The Morgan fingerprint density at radius 1 is 0.944 bits per heavy atom. The van der Waals surface area contributed by atoms with E-state index >= 15 is 0 Å². The maximum Gasteiger partial charge on any atom is 0.258 e. The molecule has 2 aromatic rings. The number of aromatic nitrogens is 1. The minimum Gasteiger partial charge on any atom is -0.345 e. The van der Waals surface area contributed by atoms with Gasteiger partial charge in [0.05, 0.1) is 0 Å². The van der Waals surface area contributed by atoms with Crippen LogP contribution in [0.4, 0.5) is 0 Å². The molecule has 0 saturated carbocycles. The van der Waals surface area contributed by atoms with E-state index in [4.69, 9.17) is 0 Å². The summed E-state index contributed by atoms with van der Waals surface area (Å²) in [6.45, 7) is 12.0. The Morgan fingerprint density at radius 3 is 2.00 bits per heavy atom. The van der Waals surface area contributed by atoms with E-state index in [1.807, 2.05) is 23.7 Å². The minimum absolute atomic E-state index is 0.00855. The molecule has 1 aromatic heterocycles. The number of amides is 1. The number of hydrogen-bond acceptors (Lipinski definition) is 1. The molecule has 1 amide bonds. The smallest absolute Gasteiger partial charge is 0.258 e. The molecule has 0 N–H and O–H groups in total. The zero-order valence-electron chi connectivity index (χ0n) is 10.6. The first-order valence-corrected chi connectivity index (χ1v) is 5.71. The maximum absolute atomic E-state index is 12.1. The van der Waals surface area contributed by atoms with Gasteiger partial charge >= 0.3 is 0 Å². The summed E-state index contributed by atoms with van der Waals surface area (Å²) >= 11 is 0. The van der Waals surface area contributed by atoms with Crippen LogP contribution in [-0.4, -0.2) is 22.4 Å².